The number of rotatable bonds is 0. The number of hydrogen-bond acceptors (Lipinski definition) is 1. The fourth-order valence-corrected chi connectivity index (χ4v) is 0.228. The number of urea groups is 1. The standard InChI is InChI=1S/C3H2N2O/c6-3-4-1-2-5-3/h1-2H. The molecule has 30 valence electrons. The van der Waals surface area contributed by atoms with Crippen molar-refractivity contribution in [1.29, 1.82) is 0 Å². The van der Waals surface area contributed by atoms with Gasteiger partial charge in [0.2, 0.25) is 0 Å². The second-order valence-electron chi connectivity index (χ2n) is 0.839. The molecule has 1 aliphatic rings. The molecule has 0 unspecified atom stereocenters. The van der Waals surface area contributed by atoms with Crippen LogP contribution in [0.25, 0.3) is 0 Å². The Morgan fingerprint density at radius 1 is 1.33 bits per heavy atom. The molecule has 0 aromatic carbocycles. The summed E-state index contributed by atoms with van der Waals surface area (Å²) < 4.78 is 0. The third kappa shape index (κ3) is 0.337. The van der Waals surface area contributed by atoms with Gasteiger partial charge in [0, 0.05) is 0 Å². The van der Waals surface area contributed by atoms with Gasteiger partial charge < -0.3 is 0 Å². The zero-order valence-corrected chi connectivity index (χ0v) is 2.96. The molecule has 2 amide bonds. The van der Waals surface area contributed by atoms with Gasteiger partial charge in [-0.3, -0.25) is 0 Å². The molecule has 3 nitrogen and oxygen atoms in total. The molecule has 0 saturated carbocycles. The molecule has 6 heavy (non-hydrogen) atoms. The summed E-state index contributed by atoms with van der Waals surface area (Å²) in [5.41, 5.74) is 0. The molecule has 0 N–H and O–H groups in total. The third-order valence-electron chi connectivity index (χ3n) is 0.437. The van der Waals surface area contributed by atoms with Crippen molar-refractivity contribution in [2.75, 3.05) is 0 Å². The molecule has 0 spiro atoms. The Labute approximate surface area is 35.0 Å². The average molecular weight is 82.1 g/mol. The molecule has 1 heterocycles. The molecule has 0 aliphatic carbocycles. The lowest BCUT2D eigenvalue weighted by Crippen LogP contribution is -2.07. The fraction of sp³-hybridized carbons (Fsp3) is 0. The fourth-order valence-electron chi connectivity index (χ4n) is 0.228. The molecular weight excluding hydrogens is 80.0 g/mol. The number of carbonyl (C=O) groups excluding carboxylic acids is 1. The highest BCUT2D eigenvalue weighted by atomic mass is 16.2. The van der Waals surface area contributed by atoms with Crippen molar-refractivity contribution in [3.05, 3.63) is 12.4 Å². The molecule has 0 fully saturated rings. The van der Waals surface area contributed by atoms with Crippen LogP contribution in [0.15, 0.2) is 12.4 Å². The quantitative estimate of drug-likeness (QED) is 0.399. The van der Waals surface area contributed by atoms with Crippen LogP contribution >= 0.6 is 0 Å². The Balaban J connectivity index is 2.52. The van der Waals surface area contributed by atoms with Gasteiger partial charge >= 0.3 is 6.03 Å². The van der Waals surface area contributed by atoms with Gasteiger partial charge in [-0.1, -0.05) is 0 Å². The minimum absolute atomic E-state index is 0.407. The van der Waals surface area contributed by atoms with E-state index in [9.17, 15) is 4.79 Å². The zero-order chi connectivity index (χ0) is 4.41. The third-order valence-corrected chi connectivity index (χ3v) is 0.437. The molecule has 0 atom stereocenters. The summed E-state index contributed by atoms with van der Waals surface area (Å²) in [6, 6.07) is -0.407. The van der Waals surface area contributed by atoms with Crippen LogP contribution < -0.4 is 10.6 Å². The zero-order valence-electron chi connectivity index (χ0n) is 2.96. The number of amides is 2. The van der Waals surface area contributed by atoms with Crippen LogP contribution in [0.2, 0.25) is 0 Å². The molecule has 1 rings (SSSR count). The van der Waals surface area contributed by atoms with Crippen LogP contribution in [-0.4, -0.2) is 6.03 Å². The van der Waals surface area contributed by atoms with Gasteiger partial charge in [0.15, 0.2) is 0 Å². The van der Waals surface area contributed by atoms with Crippen LogP contribution in [0.1, 0.15) is 0 Å². The highest BCUT2D eigenvalue weighted by molar-refractivity contribution is 5.77. The molecular formula is C3H2N2O. The van der Waals surface area contributed by atoms with Gasteiger partial charge in [-0.25, -0.2) is 4.79 Å². The molecule has 0 aromatic heterocycles. The predicted octanol–water partition coefficient (Wildman–Crippen LogP) is -0.200. The van der Waals surface area contributed by atoms with Crippen LogP contribution in [0, 0.1) is 0 Å². The molecule has 3 heteroatoms. The van der Waals surface area contributed by atoms with Crippen molar-refractivity contribution in [2.24, 2.45) is 0 Å². The summed E-state index contributed by atoms with van der Waals surface area (Å²) in [4.78, 5) is 9.85. The van der Waals surface area contributed by atoms with Gasteiger partial charge in [-0.05, 0) is 0 Å². The van der Waals surface area contributed by atoms with Gasteiger partial charge in [-0.2, -0.15) is 10.6 Å². The Morgan fingerprint density at radius 3 is 2.00 bits per heavy atom. The first-order valence-electron chi connectivity index (χ1n) is 1.50. The first kappa shape index (κ1) is 3.21. The Morgan fingerprint density at radius 2 is 1.83 bits per heavy atom. The van der Waals surface area contributed by atoms with E-state index in [1.165, 1.54) is 12.4 Å². The van der Waals surface area contributed by atoms with Gasteiger partial charge in [-0.15, -0.1) is 0 Å². The number of nitrogens with zero attached hydrogens (tertiary/aromatic N) is 2. The number of carbonyl (C=O) groups is 1. The highest BCUT2D eigenvalue weighted by Gasteiger charge is 2.01. The van der Waals surface area contributed by atoms with Gasteiger partial charge in [0.25, 0.3) is 0 Å². The Kier molecular flexibility index (Phi) is 0.538. The van der Waals surface area contributed by atoms with E-state index in [0.29, 0.717) is 0 Å². The maximum atomic E-state index is 9.85. The molecule has 0 saturated heterocycles. The maximum Gasteiger partial charge on any atom is 0.367 e. The molecule has 0 bridgehead atoms. The second-order valence-corrected chi connectivity index (χ2v) is 0.839. The molecule has 1 aliphatic heterocycles. The molecule has 0 aromatic rings. The van der Waals surface area contributed by atoms with Gasteiger partial charge in [0.1, 0.15) is 0 Å². The van der Waals surface area contributed by atoms with Crippen molar-refractivity contribution < 1.29 is 4.79 Å². The summed E-state index contributed by atoms with van der Waals surface area (Å²) >= 11 is 0. The smallest absolute Gasteiger partial charge is 0.244 e. The van der Waals surface area contributed by atoms with Crippen LogP contribution in [0.3, 0.4) is 0 Å². The average Bonchev–Trinajstić information content (AvgIpc) is 1.86. The summed E-state index contributed by atoms with van der Waals surface area (Å²) in [7, 11) is 0. The van der Waals surface area contributed by atoms with Gasteiger partial charge in [0.05, 0.1) is 12.4 Å². The first-order valence-corrected chi connectivity index (χ1v) is 1.50. The monoisotopic (exact) mass is 82.0 g/mol. The predicted molar refractivity (Wildman–Crippen MR) is 18.8 cm³/mol. The van der Waals surface area contributed by atoms with E-state index in [2.05, 4.69) is 10.6 Å². The largest absolute Gasteiger partial charge is 0.367 e. The summed E-state index contributed by atoms with van der Waals surface area (Å²) in [6.07, 6.45) is 2.73. The van der Waals surface area contributed by atoms with Crippen LogP contribution in [-0.2, 0) is 0 Å². The van der Waals surface area contributed by atoms with E-state index in [0.717, 1.165) is 0 Å². The minimum atomic E-state index is -0.407. The lowest BCUT2D eigenvalue weighted by molar-refractivity contribution is 0.248. The van der Waals surface area contributed by atoms with E-state index < -0.39 is 6.03 Å². The van der Waals surface area contributed by atoms with E-state index in [4.69, 9.17) is 0 Å². The lowest BCUT2D eigenvalue weighted by atomic mass is 11.0. The topological polar surface area (TPSA) is 45.3 Å². The van der Waals surface area contributed by atoms with Crippen molar-refractivity contribution in [3.8, 4) is 0 Å². The van der Waals surface area contributed by atoms with Crippen molar-refractivity contribution >= 4 is 6.03 Å². The number of hydrogen-bond donors (Lipinski definition) is 0. The SMILES string of the molecule is O=C1[N]C=C[N]1. The van der Waals surface area contributed by atoms with Crippen LogP contribution in [0.5, 0.6) is 0 Å². The van der Waals surface area contributed by atoms with E-state index in [-0.39, 0.29) is 0 Å². The normalized spacial score (nSPS) is 17.0. The van der Waals surface area contributed by atoms with Crippen LogP contribution in [0.4, 0.5) is 4.79 Å². The Hall–Kier alpha value is -0.990. The van der Waals surface area contributed by atoms with E-state index in [1.807, 2.05) is 0 Å². The van der Waals surface area contributed by atoms with Crippen molar-refractivity contribution in [1.82, 2.24) is 10.6 Å². The maximum absolute atomic E-state index is 9.85. The second kappa shape index (κ2) is 1.01. The summed E-state index contributed by atoms with van der Waals surface area (Å²) in [6.45, 7) is 0. The highest BCUT2D eigenvalue weighted by Crippen LogP contribution is 1.79. The lowest BCUT2D eigenvalue weighted by Gasteiger charge is -1.73. The Bertz CT molecular complexity index is 87.0. The van der Waals surface area contributed by atoms with E-state index in [1.54, 1.807) is 0 Å². The van der Waals surface area contributed by atoms with Crippen molar-refractivity contribution in [2.45, 2.75) is 0 Å². The summed E-state index contributed by atoms with van der Waals surface area (Å²) in [5, 5.41) is 6.50. The minimum Gasteiger partial charge on any atom is -0.244 e. The van der Waals surface area contributed by atoms with E-state index >= 15 is 0 Å². The van der Waals surface area contributed by atoms with Crippen molar-refractivity contribution in [3.63, 3.8) is 0 Å². The first-order chi connectivity index (χ1) is 2.89. The molecule has 2 radical (unpaired) electrons. The summed E-state index contributed by atoms with van der Waals surface area (Å²) in [5.74, 6) is 0.